The molecule has 0 spiro atoms. The summed E-state index contributed by atoms with van der Waals surface area (Å²) in [6, 6.07) is 8.10. The van der Waals surface area contributed by atoms with Gasteiger partial charge >= 0.3 is 5.97 Å². The molecule has 0 unspecified atom stereocenters. The summed E-state index contributed by atoms with van der Waals surface area (Å²) in [5.41, 5.74) is 1.89. The fourth-order valence-electron chi connectivity index (χ4n) is 4.39. The van der Waals surface area contributed by atoms with Gasteiger partial charge in [-0.25, -0.2) is 14.2 Å². The SMILES string of the molecule is CCCOCCCc1cccc(-c2nc(NC(=O)c3cc(Cl)c(/C=C(\C)C(=O)O)c(Cl)c3)sc2N2CCOCC2)c1F. The highest BCUT2D eigenvalue weighted by atomic mass is 35.5. The number of nitrogens with one attached hydrogen (secondary N) is 1. The maximum absolute atomic E-state index is 15.8. The van der Waals surface area contributed by atoms with Crippen LogP contribution < -0.4 is 10.2 Å². The number of halogens is 3. The maximum atomic E-state index is 15.8. The zero-order chi connectivity index (χ0) is 30.2. The predicted octanol–water partition coefficient (Wildman–Crippen LogP) is 7.19. The molecular weight excluding hydrogens is 604 g/mol. The molecule has 0 aliphatic carbocycles. The molecule has 0 bridgehead atoms. The number of aliphatic carboxylic acids is 1. The quantitative estimate of drug-likeness (QED) is 0.160. The van der Waals surface area contributed by atoms with Gasteiger partial charge in [0.2, 0.25) is 0 Å². The number of carboxylic acid groups (broad SMARTS) is 1. The van der Waals surface area contributed by atoms with Crippen LogP contribution in [0.3, 0.4) is 0 Å². The van der Waals surface area contributed by atoms with E-state index in [9.17, 15) is 9.59 Å². The molecule has 1 aromatic heterocycles. The number of hydrogen-bond donors (Lipinski definition) is 2. The second-order valence-corrected chi connectivity index (χ2v) is 11.5. The van der Waals surface area contributed by atoms with Gasteiger partial charge in [-0.3, -0.25) is 10.1 Å². The number of carbonyl (C=O) groups excluding carboxylic acids is 1. The summed E-state index contributed by atoms with van der Waals surface area (Å²) in [6.45, 7) is 6.97. The molecule has 2 N–H and O–H groups in total. The van der Waals surface area contributed by atoms with Crippen molar-refractivity contribution in [3.63, 3.8) is 0 Å². The van der Waals surface area contributed by atoms with Crippen LogP contribution in [-0.2, 0) is 20.7 Å². The number of morpholine rings is 1. The van der Waals surface area contributed by atoms with Crippen molar-refractivity contribution in [3.8, 4) is 11.3 Å². The van der Waals surface area contributed by atoms with Crippen LogP contribution >= 0.6 is 34.5 Å². The molecule has 1 aliphatic heterocycles. The lowest BCUT2D eigenvalue weighted by Crippen LogP contribution is -2.36. The Kier molecular flexibility index (Phi) is 11.3. The molecule has 3 aromatic rings. The molecule has 1 fully saturated rings. The second-order valence-electron chi connectivity index (χ2n) is 9.71. The molecule has 1 saturated heterocycles. The van der Waals surface area contributed by atoms with E-state index in [-0.39, 0.29) is 32.1 Å². The molecule has 12 heteroatoms. The van der Waals surface area contributed by atoms with Crippen LogP contribution in [0.4, 0.5) is 14.5 Å². The van der Waals surface area contributed by atoms with Gasteiger partial charge in [0.05, 0.1) is 23.3 Å². The second kappa shape index (κ2) is 14.9. The van der Waals surface area contributed by atoms with E-state index >= 15 is 4.39 Å². The Hall–Kier alpha value is -3.02. The number of thiazole rings is 1. The Labute approximate surface area is 258 Å². The maximum Gasteiger partial charge on any atom is 0.331 e. The van der Waals surface area contributed by atoms with Crippen LogP contribution in [-0.4, -0.2) is 61.5 Å². The monoisotopic (exact) mass is 635 g/mol. The van der Waals surface area contributed by atoms with Gasteiger partial charge in [0.25, 0.3) is 5.91 Å². The number of anilines is 2. The van der Waals surface area contributed by atoms with Gasteiger partial charge in [-0.1, -0.05) is 53.6 Å². The van der Waals surface area contributed by atoms with E-state index in [2.05, 4.69) is 15.2 Å². The first-order valence-corrected chi connectivity index (χ1v) is 15.2. The van der Waals surface area contributed by atoms with Gasteiger partial charge in [-0.05, 0) is 56.0 Å². The number of benzene rings is 2. The molecule has 2 heterocycles. The average Bonchev–Trinajstić information content (AvgIpc) is 3.39. The zero-order valence-electron chi connectivity index (χ0n) is 23.3. The summed E-state index contributed by atoms with van der Waals surface area (Å²) in [7, 11) is 0. The number of ether oxygens (including phenoxy) is 2. The Morgan fingerprint density at radius 3 is 2.60 bits per heavy atom. The number of carbonyl (C=O) groups is 2. The van der Waals surface area contributed by atoms with E-state index in [0.717, 1.165) is 11.4 Å². The minimum Gasteiger partial charge on any atom is -0.478 e. The van der Waals surface area contributed by atoms with Crippen molar-refractivity contribution in [1.29, 1.82) is 0 Å². The number of rotatable bonds is 12. The lowest BCUT2D eigenvalue weighted by molar-refractivity contribution is -0.132. The number of hydrogen-bond acceptors (Lipinski definition) is 7. The van der Waals surface area contributed by atoms with Gasteiger partial charge in [-0.2, -0.15) is 0 Å². The molecule has 1 amide bonds. The molecule has 4 rings (SSSR count). The molecule has 1 aliphatic rings. The molecule has 224 valence electrons. The highest BCUT2D eigenvalue weighted by Crippen LogP contribution is 2.41. The molecule has 42 heavy (non-hydrogen) atoms. The molecule has 8 nitrogen and oxygen atoms in total. The van der Waals surface area contributed by atoms with Crippen LogP contribution in [0.5, 0.6) is 0 Å². The lowest BCUT2D eigenvalue weighted by Gasteiger charge is -2.28. The van der Waals surface area contributed by atoms with Crippen molar-refractivity contribution in [1.82, 2.24) is 4.98 Å². The summed E-state index contributed by atoms with van der Waals surface area (Å²) < 4.78 is 26.9. The summed E-state index contributed by atoms with van der Waals surface area (Å²) >= 11 is 14.0. The third kappa shape index (κ3) is 7.87. The smallest absolute Gasteiger partial charge is 0.331 e. The van der Waals surface area contributed by atoms with E-state index in [1.807, 2.05) is 13.0 Å². The first kappa shape index (κ1) is 31.9. The summed E-state index contributed by atoms with van der Waals surface area (Å²) in [5.74, 6) is -1.97. The van der Waals surface area contributed by atoms with Crippen LogP contribution in [0.15, 0.2) is 35.9 Å². The fourth-order valence-corrected chi connectivity index (χ4v) is 6.01. The summed E-state index contributed by atoms with van der Waals surface area (Å²) in [4.78, 5) is 31.2. The highest BCUT2D eigenvalue weighted by molar-refractivity contribution is 7.20. The third-order valence-electron chi connectivity index (χ3n) is 6.58. The van der Waals surface area contributed by atoms with Crippen LogP contribution in [0, 0.1) is 5.82 Å². The van der Waals surface area contributed by atoms with Gasteiger partial charge in [0.15, 0.2) is 5.13 Å². The molecule has 0 radical (unpaired) electrons. The van der Waals surface area contributed by atoms with Crippen molar-refractivity contribution in [2.45, 2.75) is 33.1 Å². The van der Waals surface area contributed by atoms with Crippen molar-refractivity contribution in [3.05, 3.63) is 68.5 Å². The predicted molar refractivity (Wildman–Crippen MR) is 166 cm³/mol. The zero-order valence-corrected chi connectivity index (χ0v) is 25.7. The van der Waals surface area contributed by atoms with E-state index in [4.69, 9.17) is 37.8 Å². The fraction of sp³-hybridized carbons (Fsp3) is 0.367. The van der Waals surface area contributed by atoms with Crippen molar-refractivity contribution in [2.24, 2.45) is 0 Å². The van der Waals surface area contributed by atoms with Crippen LogP contribution in [0.1, 0.15) is 48.2 Å². The Bertz CT molecular complexity index is 1450. The summed E-state index contributed by atoms with van der Waals surface area (Å²) in [5, 5.41) is 13.2. The first-order valence-electron chi connectivity index (χ1n) is 13.6. The minimum atomic E-state index is -1.11. The van der Waals surface area contributed by atoms with Crippen molar-refractivity contribution in [2.75, 3.05) is 49.7 Å². The summed E-state index contributed by atoms with van der Waals surface area (Å²) in [6.07, 6.45) is 3.51. The van der Waals surface area contributed by atoms with E-state index in [1.165, 1.54) is 36.5 Å². The number of carboxylic acids is 1. The normalized spacial score (nSPS) is 13.8. The van der Waals surface area contributed by atoms with Gasteiger partial charge < -0.3 is 19.5 Å². The Balaban J connectivity index is 1.62. The first-order chi connectivity index (χ1) is 20.2. The number of aryl methyl sites for hydroxylation is 1. The number of amides is 1. The van der Waals surface area contributed by atoms with E-state index < -0.39 is 11.9 Å². The highest BCUT2D eigenvalue weighted by Gasteiger charge is 2.25. The largest absolute Gasteiger partial charge is 0.478 e. The van der Waals surface area contributed by atoms with Crippen molar-refractivity contribution < 1.29 is 28.6 Å². The Morgan fingerprint density at radius 1 is 1.21 bits per heavy atom. The van der Waals surface area contributed by atoms with Gasteiger partial charge in [-0.15, -0.1) is 0 Å². The Morgan fingerprint density at radius 2 is 1.93 bits per heavy atom. The minimum absolute atomic E-state index is 0.0445. The molecule has 0 atom stereocenters. The van der Waals surface area contributed by atoms with Gasteiger partial charge in [0.1, 0.15) is 16.5 Å². The van der Waals surface area contributed by atoms with E-state index in [0.29, 0.717) is 74.7 Å². The lowest BCUT2D eigenvalue weighted by atomic mass is 10.0. The molecular formula is C30H32Cl2FN3O5S. The van der Waals surface area contributed by atoms with Crippen LogP contribution in [0.25, 0.3) is 17.3 Å². The topological polar surface area (TPSA) is 101 Å². The standard InChI is InChI=1S/C30H32Cl2FN3O5S/c1-3-11-40-12-5-7-19-6-4-8-21(25(19)33)26-28(36-9-13-41-14-10-36)42-30(34-26)35-27(37)20-16-23(31)22(24(32)17-20)15-18(2)29(38)39/h4,6,8,15-17H,3,5,7,9-14H2,1-2H3,(H,38,39)(H,34,35,37)/b18-15+. The average molecular weight is 637 g/mol. The van der Waals surface area contributed by atoms with E-state index in [1.54, 1.807) is 12.1 Å². The molecule has 0 saturated carbocycles. The number of nitrogens with zero attached hydrogens (tertiary/aromatic N) is 2. The molecule has 2 aromatic carbocycles. The third-order valence-corrected chi connectivity index (χ3v) is 8.24. The van der Waals surface area contributed by atoms with Crippen molar-refractivity contribution >= 4 is 62.6 Å². The van der Waals surface area contributed by atoms with Crippen LogP contribution in [0.2, 0.25) is 10.0 Å². The van der Waals surface area contributed by atoms with Gasteiger partial charge in [0, 0.05) is 48.6 Å². The number of aromatic nitrogens is 1.